The maximum Gasteiger partial charge on any atom is 0.324 e. The molecule has 4 aliphatic heterocycles. The predicted molar refractivity (Wildman–Crippen MR) is 297 cm³/mol. The normalized spacial score (nSPS) is 21.6. The Hall–Kier alpha value is -7.28. The number of fused-ring (bicyclic) bond motifs is 6. The summed E-state index contributed by atoms with van der Waals surface area (Å²) in [6.45, 7) is 15.2. The Morgan fingerprint density at radius 3 is 2.54 bits per heavy atom. The third-order valence-corrected chi connectivity index (χ3v) is 15.8. The van der Waals surface area contributed by atoms with Crippen LogP contribution in [0.5, 0.6) is 5.75 Å². The molecule has 17 nitrogen and oxygen atoms in total. The highest BCUT2D eigenvalue weighted by Crippen LogP contribution is 2.43. The van der Waals surface area contributed by atoms with E-state index in [4.69, 9.17) is 24.9 Å². The van der Waals surface area contributed by atoms with E-state index in [1.807, 2.05) is 45.0 Å². The molecule has 17 heteroatoms. The number of nitrogens with one attached hydrogen (secondary N) is 2. The summed E-state index contributed by atoms with van der Waals surface area (Å²) in [6.07, 6.45) is 2.55. The largest absolute Gasteiger partial charge is 0.508 e. The molecule has 0 aliphatic carbocycles. The van der Waals surface area contributed by atoms with E-state index in [0.29, 0.717) is 75.3 Å². The highest BCUT2D eigenvalue weighted by molar-refractivity contribution is 5.96. The number of carbonyl (C=O) groups excluding carboxylic acids is 4. The van der Waals surface area contributed by atoms with E-state index in [-0.39, 0.29) is 55.1 Å². The molecule has 2 aromatic heterocycles. The van der Waals surface area contributed by atoms with Crippen LogP contribution in [0.15, 0.2) is 72.9 Å². The first kappa shape index (κ1) is 55.5. The van der Waals surface area contributed by atoms with Gasteiger partial charge in [-0.2, -0.15) is 5.26 Å². The number of ether oxygens (including phenoxy) is 3. The number of aryl methyl sites for hydroxylation is 1. The van der Waals surface area contributed by atoms with Crippen LogP contribution in [0.1, 0.15) is 101 Å². The van der Waals surface area contributed by atoms with Crippen LogP contribution in [-0.2, 0) is 52.8 Å². The first-order valence-corrected chi connectivity index (χ1v) is 27.3. The fraction of sp³-hybridized carbons (Fsp3) is 0.475. The maximum absolute atomic E-state index is 14.9. The highest BCUT2D eigenvalue weighted by Gasteiger charge is 2.42. The lowest BCUT2D eigenvalue weighted by molar-refractivity contribution is -0.155. The molecule has 3 saturated heterocycles. The van der Waals surface area contributed by atoms with Crippen LogP contribution < -0.4 is 16.5 Å². The summed E-state index contributed by atoms with van der Waals surface area (Å²) in [5.74, 6) is 4.16. The number of phenols is 1. The molecule has 4 aliphatic rings. The van der Waals surface area contributed by atoms with Crippen molar-refractivity contribution in [3.63, 3.8) is 0 Å². The zero-order valence-electron chi connectivity index (χ0n) is 46.1. The van der Waals surface area contributed by atoms with Crippen LogP contribution in [0.2, 0.25) is 0 Å². The molecule has 3 aromatic carbocycles. The number of benzene rings is 3. The van der Waals surface area contributed by atoms with E-state index < -0.39 is 47.4 Å². The lowest BCUT2D eigenvalue weighted by Gasteiger charge is -2.37. The van der Waals surface area contributed by atoms with Gasteiger partial charge in [-0.25, -0.2) is 5.43 Å². The number of nitrogen functional groups attached to an aromatic ring is 1. The number of pyridine rings is 1. The molecule has 0 spiro atoms. The Labute approximate surface area is 457 Å². The number of amides is 3. The van der Waals surface area contributed by atoms with Gasteiger partial charge in [-0.05, 0) is 116 Å². The number of likely N-dealkylation sites (tertiary alicyclic amines) is 1. The van der Waals surface area contributed by atoms with Gasteiger partial charge in [0.05, 0.1) is 42.6 Å². The number of hydrazine groups is 1. The first-order chi connectivity index (χ1) is 37.4. The summed E-state index contributed by atoms with van der Waals surface area (Å²) in [7, 11) is 3.26. The minimum absolute atomic E-state index is 0.0274. The number of likely N-dealkylation sites (N-methyl/N-ethyl adjacent to an activating group) is 1. The number of nitriles is 1. The van der Waals surface area contributed by atoms with Gasteiger partial charge in [0.1, 0.15) is 30.0 Å². The minimum Gasteiger partial charge on any atom is -0.508 e. The van der Waals surface area contributed by atoms with Gasteiger partial charge in [0, 0.05) is 98.6 Å². The summed E-state index contributed by atoms with van der Waals surface area (Å²) in [5, 5.41) is 26.2. The number of rotatable bonds is 11. The first-order valence-electron chi connectivity index (χ1n) is 27.3. The predicted octanol–water partition coefficient (Wildman–Crippen LogP) is 6.90. The van der Waals surface area contributed by atoms with E-state index in [9.17, 15) is 29.5 Å². The molecule has 6 unspecified atom stereocenters. The number of hydrogen-bond acceptors (Lipinski definition) is 13. The molecule has 5 aromatic rings. The van der Waals surface area contributed by atoms with Crippen molar-refractivity contribution in [2.24, 2.45) is 17.3 Å². The number of anilines is 1. The van der Waals surface area contributed by atoms with Crippen LogP contribution in [0.4, 0.5) is 5.69 Å². The molecule has 6 atom stereocenters. The Morgan fingerprint density at radius 1 is 1.05 bits per heavy atom. The number of cyclic esters (lactones) is 1. The van der Waals surface area contributed by atoms with E-state index in [1.165, 1.54) is 9.91 Å². The fourth-order valence-corrected chi connectivity index (χ4v) is 11.7. The van der Waals surface area contributed by atoms with Crippen molar-refractivity contribution in [3.8, 4) is 46.0 Å². The molecule has 0 saturated carbocycles. The van der Waals surface area contributed by atoms with Crippen LogP contribution in [0.25, 0.3) is 33.3 Å². The Morgan fingerprint density at radius 2 is 1.82 bits per heavy atom. The number of nitrogens with zero attached hydrogens (tertiary/aromatic N) is 6. The monoisotopic (exact) mass is 1060 g/mol. The van der Waals surface area contributed by atoms with Crippen molar-refractivity contribution >= 4 is 40.3 Å². The van der Waals surface area contributed by atoms with Crippen LogP contribution in [-0.4, -0.2) is 131 Å². The summed E-state index contributed by atoms with van der Waals surface area (Å²) >= 11 is 0. The van der Waals surface area contributed by atoms with Crippen LogP contribution in [0.3, 0.4) is 0 Å². The summed E-state index contributed by atoms with van der Waals surface area (Å²) in [5.41, 5.74) is 17.4. The molecular weight excluding hydrogens is 987 g/mol. The third kappa shape index (κ3) is 11.8. The average Bonchev–Trinajstić information content (AvgIpc) is 4.11. The van der Waals surface area contributed by atoms with Gasteiger partial charge in [0.25, 0.3) is 11.8 Å². The van der Waals surface area contributed by atoms with E-state index >= 15 is 0 Å². The van der Waals surface area contributed by atoms with Gasteiger partial charge in [-0.3, -0.25) is 34.1 Å². The zero-order valence-corrected chi connectivity index (χ0v) is 46.1. The van der Waals surface area contributed by atoms with Crippen LogP contribution in [0, 0.1) is 40.4 Å². The van der Waals surface area contributed by atoms with Gasteiger partial charge in [0.15, 0.2) is 0 Å². The number of aromatic nitrogens is 2. The van der Waals surface area contributed by atoms with Gasteiger partial charge >= 0.3 is 5.97 Å². The Balaban J connectivity index is 1.11. The summed E-state index contributed by atoms with van der Waals surface area (Å²) < 4.78 is 20.5. The number of carbonyl (C=O) groups is 4. The molecule has 410 valence electrons. The molecular formula is C61H73N9O8. The van der Waals surface area contributed by atoms with Crippen molar-refractivity contribution in [1.82, 2.24) is 35.1 Å². The van der Waals surface area contributed by atoms with Gasteiger partial charge in [-0.15, -0.1) is 0 Å². The van der Waals surface area contributed by atoms with Crippen molar-refractivity contribution in [2.75, 3.05) is 59.3 Å². The second-order valence-corrected chi connectivity index (χ2v) is 22.6. The number of nitrogens with two attached hydrogens (primary N) is 1. The average molecular weight is 1060 g/mol. The number of aromatic hydroxyl groups is 1. The molecule has 6 bridgehead atoms. The lowest BCUT2D eigenvalue weighted by atomic mass is 9.84. The molecule has 78 heavy (non-hydrogen) atoms. The van der Waals surface area contributed by atoms with Crippen molar-refractivity contribution in [2.45, 2.75) is 116 Å². The molecule has 3 amide bonds. The van der Waals surface area contributed by atoms with Gasteiger partial charge < -0.3 is 39.8 Å². The Bertz CT molecular complexity index is 3180. The number of methoxy groups -OCH3 is 1. The lowest BCUT2D eigenvalue weighted by Crippen LogP contribution is -2.62. The van der Waals surface area contributed by atoms with Gasteiger partial charge in [0.2, 0.25) is 5.91 Å². The number of phenolic OH excluding ortho intramolecular Hbond substituents is 1. The SMILES string of the molecule is CCn1c(-c2cc(C#CCN3CC(C#N)C3)cnc2C(C)OC)c2c3cc(ccc31)-c1cc(O)cc(c1)CC(NC(=O)C(C(C)C)N(C)C(=O)C1OCCC1c1ccc(N)cc1)C(=O)N1CCCC(N1)C(=O)OCC(C)(C)C2. The van der Waals surface area contributed by atoms with Crippen molar-refractivity contribution in [1.29, 1.82) is 5.26 Å². The van der Waals surface area contributed by atoms with E-state index in [0.717, 1.165) is 50.1 Å². The smallest absolute Gasteiger partial charge is 0.324 e. The standard InChI is InChI=1S/C61H73N9O8/c1-9-69-52-19-16-42-29-47(52)49(55(69)48-26-38(32-64-53(48)37(4)76-8)12-10-21-68-33-40(31-62)34-68)30-61(5,6)35-78-60(75)50-13-11-22-70(66-50)58(73)51(27-39-24-43(42)28-45(71)25-39)65-57(72)54(36(2)3)67(7)59(74)56-46(20-23-77-56)41-14-17-44(63)18-15-41/h14-19,24-26,28-29,32,36-37,40,46,50-51,54,56,66,71H,9,11,13,20-23,27,30,33-35,63H2,1-8H3,(H,65,72). The highest BCUT2D eigenvalue weighted by atomic mass is 16.5. The number of hydrogen-bond donors (Lipinski definition) is 4. The molecule has 6 heterocycles. The molecule has 3 fully saturated rings. The minimum atomic E-state index is -1.19. The third-order valence-electron chi connectivity index (χ3n) is 15.8. The van der Waals surface area contributed by atoms with E-state index in [2.05, 4.69) is 77.1 Å². The summed E-state index contributed by atoms with van der Waals surface area (Å²) in [4.78, 5) is 66.9. The van der Waals surface area contributed by atoms with Crippen molar-refractivity contribution in [3.05, 3.63) is 101 Å². The molecule has 5 N–H and O–H groups in total. The number of esters is 1. The second-order valence-electron chi connectivity index (χ2n) is 22.6. The van der Waals surface area contributed by atoms with Crippen LogP contribution >= 0.6 is 0 Å². The second kappa shape index (κ2) is 23.4. The summed E-state index contributed by atoms with van der Waals surface area (Å²) in [6, 6.07) is 20.2. The topological polar surface area (TPSA) is 218 Å². The molecule has 0 radical (unpaired) electrons. The maximum atomic E-state index is 14.9. The van der Waals surface area contributed by atoms with Gasteiger partial charge in [-0.1, -0.05) is 63.8 Å². The van der Waals surface area contributed by atoms with Crippen molar-refractivity contribution < 1.29 is 38.5 Å². The van der Waals surface area contributed by atoms with E-state index in [1.54, 1.807) is 44.6 Å². The Kier molecular flexibility index (Phi) is 16.6. The fourth-order valence-electron chi connectivity index (χ4n) is 11.7. The zero-order chi connectivity index (χ0) is 55.6. The quantitative estimate of drug-likeness (QED) is 0.0603. The molecule has 9 rings (SSSR count).